The lowest BCUT2D eigenvalue weighted by Crippen LogP contribution is -2.40. The number of amides is 1. The third-order valence-electron chi connectivity index (χ3n) is 3.99. The van der Waals surface area contributed by atoms with Crippen LogP contribution in [-0.4, -0.2) is 48.9 Å². The quantitative estimate of drug-likeness (QED) is 0.879. The van der Waals surface area contributed by atoms with Gasteiger partial charge in [0.1, 0.15) is 5.60 Å². The molecule has 1 fully saturated rings. The zero-order valence-corrected chi connectivity index (χ0v) is 15.1. The van der Waals surface area contributed by atoms with Gasteiger partial charge in [0, 0.05) is 25.8 Å². The Morgan fingerprint density at radius 3 is 2.68 bits per heavy atom. The van der Waals surface area contributed by atoms with Crippen molar-refractivity contribution in [2.45, 2.75) is 51.5 Å². The Kier molecular flexibility index (Phi) is 6.35. The molecule has 1 heterocycles. The van der Waals surface area contributed by atoms with Gasteiger partial charge in [0.2, 0.25) is 0 Å². The van der Waals surface area contributed by atoms with Crippen LogP contribution in [0.25, 0.3) is 0 Å². The molecule has 7 heteroatoms. The summed E-state index contributed by atoms with van der Waals surface area (Å²) in [5, 5.41) is 3.29. The molecule has 1 aromatic rings. The molecule has 25 heavy (non-hydrogen) atoms. The van der Waals surface area contributed by atoms with Gasteiger partial charge in [0.15, 0.2) is 0 Å². The van der Waals surface area contributed by atoms with E-state index in [2.05, 4.69) is 5.32 Å². The van der Waals surface area contributed by atoms with Gasteiger partial charge in [0.25, 0.3) is 6.43 Å². The first-order valence-electron chi connectivity index (χ1n) is 8.30. The molecule has 140 valence electrons. The molecule has 2 rings (SSSR count). The minimum Gasteiger partial charge on any atom is -0.444 e. The highest BCUT2D eigenvalue weighted by atomic mass is 19.3. The number of nitrogens with one attached hydrogen (secondary N) is 1. The molecule has 1 unspecified atom stereocenters. The molecule has 1 aliphatic heterocycles. The number of alkyl halides is 2. The van der Waals surface area contributed by atoms with Crippen LogP contribution in [0.4, 0.5) is 13.6 Å². The Morgan fingerprint density at radius 1 is 1.36 bits per heavy atom. The van der Waals surface area contributed by atoms with Crippen LogP contribution in [0.3, 0.4) is 0 Å². The number of likely N-dealkylation sites (tertiary alicyclic amines) is 1. The molecule has 0 bridgehead atoms. The van der Waals surface area contributed by atoms with E-state index in [1.54, 1.807) is 24.1 Å². The molecule has 0 spiro atoms. The van der Waals surface area contributed by atoms with Crippen LogP contribution in [0.1, 0.15) is 38.3 Å². The van der Waals surface area contributed by atoms with Crippen LogP contribution in [0.2, 0.25) is 0 Å². The maximum absolute atomic E-state index is 12.8. The Hall–Kier alpha value is -1.73. The summed E-state index contributed by atoms with van der Waals surface area (Å²) >= 11 is 0. The molecular formula is C18H26F2N2O3. The maximum Gasteiger partial charge on any atom is 0.410 e. The van der Waals surface area contributed by atoms with Crippen LogP contribution < -0.4 is 5.32 Å². The first-order valence-corrected chi connectivity index (χ1v) is 8.30. The second-order valence-corrected chi connectivity index (χ2v) is 7.19. The van der Waals surface area contributed by atoms with Crippen LogP contribution in [0.15, 0.2) is 24.3 Å². The molecule has 0 aromatic heterocycles. The van der Waals surface area contributed by atoms with E-state index in [0.717, 1.165) is 5.56 Å². The molecule has 2 atom stereocenters. The number of nitrogens with zero attached hydrogens (tertiary/aromatic N) is 1. The monoisotopic (exact) mass is 356 g/mol. The SMILES string of the molecule is CO[C@H]1CN(C(=O)OC(C)(C)C)CC1NCc1cccc(C(F)F)c1. The van der Waals surface area contributed by atoms with Crippen LogP contribution >= 0.6 is 0 Å². The topological polar surface area (TPSA) is 50.8 Å². The van der Waals surface area contributed by atoms with Crippen molar-refractivity contribution in [2.75, 3.05) is 20.2 Å². The lowest BCUT2D eigenvalue weighted by molar-refractivity contribution is 0.0252. The number of ether oxygens (including phenoxy) is 2. The van der Waals surface area contributed by atoms with E-state index in [0.29, 0.717) is 19.6 Å². The highest BCUT2D eigenvalue weighted by molar-refractivity contribution is 5.68. The third kappa shape index (κ3) is 5.64. The summed E-state index contributed by atoms with van der Waals surface area (Å²) in [5.41, 5.74) is 0.216. The number of hydrogen-bond donors (Lipinski definition) is 1. The van der Waals surface area contributed by atoms with E-state index < -0.39 is 12.0 Å². The van der Waals surface area contributed by atoms with E-state index in [1.165, 1.54) is 12.1 Å². The smallest absolute Gasteiger partial charge is 0.410 e. The van der Waals surface area contributed by atoms with E-state index in [1.807, 2.05) is 20.8 Å². The molecule has 0 radical (unpaired) electrons. The lowest BCUT2D eigenvalue weighted by atomic mass is 10.1. The third-order valence-corrected chi connectivity index (χ3v) is 3.99. The number of carbonyl (C=O) groups excluding carboxylic acids is 1. The van der Waals surface area contributed by atoms with Gasteiger partial charge >= 0.3 is 6.09 Å². The van der Waals surface area contributed by atoms with E-state index >= 15 is 0 Å². The van der Waals surface area contributed by atoms with Crippen molar-refractivity contribution in [2.24, 2.45) is 0 Å². The molecule has 1 aliphatic rings. The Balaban J connectivity index is 1.95. The molecule has 1 N–H and O–H groups in total. The van der Waals surface area contributed by atoms with Gasteiger partial charge in [-0.3, -0.25) is 0 Å². The van der Waals surface area contributed by atoms with E-state index in [-0.39, 0.29) is 23.8 Å². The average molecular weight is 356 g/mol. The first kappa shape index (κ1) is 19.6. The average Bonchev–Trinajstić information content (AvgIpc) is 2.95. The molecule has 1 aromatic carbocycles. The van der Waals surface area contributed by atoms with Crippen molar-refractivity contribution in [3.8, 4) is 0 Å². The predicted molar refractivity (Wildman–Crippen MR) is 90.6 cm³/mol. The fourth-order valence-corrected chi connectivity index (χ4v) is 2.77. The number of benzene rings is 1. The number of methoxy groups -OCH3 is 1. The number of rotatable bonds is 5. The second-order valence-electron chi connectivity index (χ2n) is 7.19. The molecule has 0 aliphatic carbocycles. The highest BCUT2D eigenvalue weighted by Crippen LogP contribution is 2.21. The highest BCUT2D eigenvalue weighted by Gasteiger charge is 2.37. The van der Waals surface area contributed by atoms with Gasteiger partial charge in [-0.05, 0) is 32.4 Å². The summed E-state index contributed by atoms with van der Waals surface area (Å²) in [7, 11) is 1.59. The predicted octanol–water partition coefficient (Wildman–Crippen LogP) is 3.35. The van der Waals surface area contributed by atoms with Crippen molar-refractivity contribution in [3.05, 3.63) is 35.4 Å². The Labute approximate surface area is 147 Å². The lowest BCUT2D eigenvalue weighted by Gasteiger charge is -2.24. The molecule has 1 saturated heterocycles. The fraction of sp³-hybridized carbons (Fsp3) is 0.611. The summed E-state index contributed by atoms with van der Waals surface area (Å²) in [6, 6.07) is 6.22. The number of carbonyl (C=O) groups is 1. The van der Waals surface area contributed by atoms with Gasteiger partial charge in [0.05, 0.1) is 18.7 Å². The van der Waals surface area contributed by atoms with Crippen molar-refractivity contribution in [1.82, 2.24) is 10.2 Å². The second kappa shape index (κ2) is 8.10. The van der Waals surface area contributed by atoms with Crippen molar-refractivity contribution in [1.29, 1.82) is 0 Å². The fourth-order valence-electron chi connectivity index (χ4n) is 2.77. The maximum atomic E-state index is 12.8. The van der Waals surface area contributed by atoms with Crippen LogP contribution in [0, 0.1) is 0 Å². The summed E-state index contributed by atoms with van der Waals surface area (Å²) in [6.07, 6.45) is -3.04. The summed E-state index contributed by atoms with van der Waals surface area (Å²) in [6.45, 7) is 6.76. The standard InChI is InChI=1S/C18H26F2N2O3/c1-18(2,3)25-17(23)22-10-14(15(11-22)24-4)21-9-12-6-5-7-13(8-12)16(19)20/h5-8,14-16,21H,9-11H2,1-4H3/t14?,15-/m0/s1. The van der Waals surface area contributed by atoms with Crippen molar-refractivity contribution >= 4 is 6.09 Å². The number of halogens is 2. The van der Waals surface area contributed by atoms with Gasteiger partial charge in [-0.25, -0.2) is 13.6 Å². The molecular weight excluding hydrogens is 330 g/mol. The first-order chi connectivity index (χ1) is 11.7. The summed E-state index contributed by atoms with van der Waals surface area (Å²) in [4.78, 5) is 13.8. The minimum atomic E-state index is -2.49. The van der Waals surface area contributed by atoms with Gasteiger partial charge in [-0.2, -0.15) is 0 Å². The molecule has 1 amide bonds. The van der Waals surface area contributed by atoms with E-state index in [4.69, 9.17) is 9.47 Å². The summed E-state index contributed by atoms with van der Waals surface area (Å²) in [5.74, 6) is 0. The minimum absolute atomic E-state index is 0.00407. The van der Waals surface area contributed by atoms with Gasteiger partial charge in [-0.1, -0.05) is 18.2 Å². The zero-order chi connectivity index (χ0) is 18.6. The molecule has 5 nitrogen and oxygen atoms in total. The number of hydrogen-bond acceptors (Lipinski definition) is 4. The Morgan fingerprint density at radius 2 is 2.08 bits per heavy atom. The van der Waals surface area contributed by atoms with Gasteiger partial charge < -0.3 is 19.7 Å². The largest absolute Gasteiger partial charge is 0.444 e. The summed E-state index contributed by atoms with van der Waals surface area (Å²) < 4.78 is 36.4. The van der Waals surface area contributed by atoms with Crippen LogP contribution in [0.5, 0.6) is 0 Å². The molecule has 0 saturated carbocycles. The van der Waals surface area contributed by atoms with E-state index in [9.17, 15) is 13.6 Å². The van der Waals surface area contributed by atoms with Crippen LogP contribution in [-0.2, 0) is 16.0 Å². The Bertz CT molecular complexity index is 590. The van der Waals surface area contributed by atoms with Crippen molar-refractivity contribution < 1.29 is 23.0 Å². The van der Waals surface area contributed by atoms with Gasteiger partial charge in [-0.15, -0.1) is 0 Å². The zero-order valence-electron chi connectivity index (χ0n) is 15.1. The van der Waals surface area contributed by atoms with Crippen molar-refractivity contribution in [3.63, 3.8) is 0 Å². The normalized spacial score (nSPS) is 21.0.